The number of hydrogen-bond acceptors (Lipinski definition) is 4. The summed E-state index contributed by atoms with van der Waals surface area (Å²) in [5, 5.41) is 2.70. The van der Waals surface area contributed by atoms with Gasteiger partial charge in [-0.25, -0.2) is 0 Å². The Morgan fingerprint density at radius 1 is 1.00 bits per heavy atom. The molecule has 0 saturated heterocycles. The first-order chi connectivity index (χ1) is 12.9. The van der Waals surface area contributed by atoms with Crippen molar-refractivity contribution >= 4 is 5.91 Å². The number of benzene rings is 2. The molecule has 0 heterocycles. The molecule has 8 heteroatoms. The molecule has 0 bridgehead atoms. The first kappa shape index (κ1) is 20.6. The van der Waals surface area contributed by atoms with Gasteiger partial charge in [0.05, 0.1) is 13.7 Å². The highest BCUT2D eigenvalue weighted by atomic mass is 19.4. The van der Waals surface area contributed by atoms with Crippen LogP contribution < -0.4 is 14.8 Å². The lowest BCUT2D eigenvalue weighted by atomic mass is 10.1. The van der Waals surface area contributed by atoms with Crippen LogP contribution in [0.15, 0.2) is 48.5 Å². The molecule has 0 radical (unpaired) electrons. The molecule has 2 aromatic rings. The normalized spacial score (nSPS) is 11.1. The van der Waals surface area contributed by atoms with Crippen LogP contribution in [0.25, 0.3) is 0 Å². The van der Waals surface area contributed by atoms with E-state index in [4.69, 9.17) is 9.47 Å². The minimum absolute atomic E-state index is 0.126. The largest absolute Gasteiger partial charge is 0.493 e. The van der Waals surface area contributed by atoms with Gasteiger partial charge in [-0.3, -0.25) is 4.79 Å². The van der Waals surface area contributed by atoms with Gasteiger partial charge in [0.15, 0.2) is 18.1 Å². The lowest BCUT2D eigenvalue weighted by Crippen LogP contribution is -2.28. The highest BCUT2D eigenvalue weighted by Crippen LogP contribution is 2.25. The van der Waals surface area contributed by atoms with Gasteiger partial charge in [-0.1, -0.05) is 36.4 Å². The molecule has 0 unspecified atom stereocenters. The van der Waals surface area contributed by atoms with Gasteiger partial charge in [0, 0.05) is 6.54 Å². The molecule has 0 aliphatic rings. The van der Waals surface area contributed by atoms with Crippen molar-refractivity contribution in [3.63, 3.8) is 0 Å². The molecular formula is C19H20F3NO4. The van der Waals surface area contributed by atoms with Crippen molar-refractivity contribution < 1.29 is 32.2 Å². The lowest BCUT2D eigenvalue weighted by Gasteiger charge is -2.11. The molecular weight excluding hydrogens is 363 g/mol. The van der Waals surface area contributed by atoms with Gasteiger partial charge in [-0.15, -0.1) is 0 Å². The van der Waals surface area contributed by atoms with Crippen molar-refractivity contribution in [2.24, 2.45) is 0 Å². The number of para-hydroxylation sites is 2. The molecule has 0 saturated carbocycles. The van der Waals surface area contributed by atoms with E-state index < -0.39 is 12.8 Å². The summed E-state index contributed by atoms with van der Waals surface area (Å²) in [5.41, 5.74) is 1.43. The van der Waals surface area contributed by atoms with E-state index in [2.05, 4.69) is 10.1 Å². The zero-order valence-electron chi connectivity index (χ0n) is 14.7. The third-order valence-corrected chi connectivity index (χ3v) is 3.47. The first-order valence-corrected chi connectivity index (χ1v) is 8.12. The summed E-state index contributed by atoms with van der Waals surface area (Å²) in [4.78, 5) is 11.9. The number of carbonyl (C=O) groups excluding carboxylic acids is 1. The van der Waals surface area contributed by atoms with Crippen LogP contribution in [-0.4, -0.2) is 32.4 Å². The summed E-state index contributed by atoms with van der Waals surface area (Å²) in [6.45, 7) is -1.29. The molecule has 0 aromatic heterocycles. The summed E-state index contributed by atoms with van der Waals surface area (Å²) >= 11 is 0. The second-order valence-electron chi connectivity index (χ2n) is 5.64. The van der Waals surface area contributed by atoms with E-state index in [-0.39, 0.29) is 25.7 Å². The molecule has 1 N–H and O–H groups in total. The number of amides is 1. The van der Waals surface area contributed by atoms with Crippen molar-refractivity contribution in [1.29, 1.82) is 0 Å². The molecule has 0 spiro atoms. The van der Waals surface area contributed by atoms with Crippen molar-refractivity contribution in [3.05, 3.63) is 59.7 Å². The Labute approximate surface area is 155 Å². The van der Waals surface area contributed by atoms with Crippen LogP contribution in [-0.2, 0) is 22.7 Å². The second-order valence-corrected chi connectivity index (χ2v) is 5.64. The van der Waals surface area contributed by atoms with Crippen LogP contribution in [0.2, 0.25) is 0 Å². The molecule has 0 aliphatic carbocycles. The number of ether oxygens (including phenoxy) is 3. The van der Waals surface area contributed by atoms with Gasteiger partial charge in [-0.05, 0) is 23.3 Å². The predicted molar refractivity (Wildman–Crippen MR) is 92.5 cm³/mol. The van der Waals surface area contributed by atoms with Crippen LogP contribution >= 0.6 is 0 Å². The van der Waals surface area contributed by atoms with Crippen LogP contribution in [0.3, 0.4) is 0 Å². The zero-order valence-corrected chi connectivity index (χ0v) is 14.7. The Kier molecular flexibility index (Phi) is 7.48. The van der Waals surface area contributed by atoms with Gasteiger partial charge in [0.2, 0.25) is 0 Å². The van der Waals surface area contributed by atoms with E-state index in [1.54, 1.807) is 48.5 Å². The van der Waals surface area contributed by atoms with Gasteiger partial charge in [-0.2, -0.15) is 13.2 Å². The van der Waals surface area contributed by atoms with E-state index in [0.717, 1.165) is 5.56 Å². The summed E-state index contributed by atoms with van der Waals surface area (Å²) in [6.07, 6.45) is -4.34. The second kappa shape index (κ2) is 9.82. The Bertz CT molecular complexity index is 732. The fraction of sp³-hybridized carbons (Fsp3) is 0.316. The maximum absolute atomic E-state index is 12.0. The maximum atomic E-state index is 12.0. The van der Waals surface area contributed by atoms with Crippen molar-refractivity contribution in [3.8, 4) is 11.5 Å². The zero-order chi connectivity index (χ0) is 19.7. The van der Waals surface area contributed by atoms with Crippen molar-refractivity contribution in [1.82, 2.24) is 5.32 Å². The minimum atomic E-state index is -4.34. The summed E-state index contributed by atoms with van der Waals surface area (Å²) in [5.74, 6) is 0.700. The summed E-state index contributed by atoms with van der Waals surface area (Å²) in [7, 11) is 1.51. The molecule has 2 aromatic carbocycles. The molecule has 1 amide bonds. The summed E-state index contributed by atoms with van der Waals surface area (Å²) in [6, 6.07) is 13.7. The van der Waals surface area contributed by atoms with E-state index in [0.29, 0.717) is 17.1 Å². The highest BCUT2D eigenvalue weighted by Gasteiger charge is 2.27. The molecule has 146 valence electrons. The van der Waals surface area contributed by atoms with Crippen molar-refractivity contribution in [2.75, 3.05) is 20.3 Å². The smallest absolute Gasteiger partial charge is 0.411 e. The maximum Gasteiger partial charge on any atom is 0.411 e. The quantitative estimate of drug-likeness (QED) is 0.721. The monoisotopic (exact) mass is 383 g/mol. The van der Waals surface area contributed by atoms with Gasteiger partial charge >= 0.3 is 6.18 Å². The number of halogens is 3. The van der Waals surface area contributed by atoms with Crippen molar-refractivity contribution in [2.45, 2.75) is 19.3 Å². The third-order valence-electron chi connectivity index (χ3n) is 3.47. The van der Waals surface area contributed by atoms with Crippen LogP contribution in [0, 0.1) is 0 Å². The molecule has 5 nitrogen and oxygen atoms in total. The Morgan fingerprint density at radius 3 is 2.26 bits per heavy atom. The molecule has 27 heavy (non-hydrogen) atoms. The topological polar surface area (TPSA) is 56.8 Å². The van der Waals surface area contributed by atoms with Crippen LogP contribution in [0.5, 0.6) is 11.5 Å². The molecule has 0 atom stereocenters. The number of hydrogen-bond donors (Lipinski definition) is 1. The SMILES string of the molecule is COc1ccccc1OCC(=O)NCc1ccc(COCC(F)(F)F)cc1. The fourth-order valence-electron chi connectivity index (χ4n) is 2.17. The third kappa shape index (κ3) is 7.57. The highest BCUT2D eigenvalue weighted by molar-refractivity contribution is 5.77. The van der Waals surface area contributed by atoms with E-state index in [1.807, 2.05) is 0 Å². The number of methoxy groups -OCH3 is 1. The molecule has 2 rings (SSSR count). The average Bonchev–Trinajstić information content (AvgIpc) is 2.65. The Morgan fingerprint density at radius 2 is 1.63 bits per heavy atom. The fourth-order valence-corrected chi connectivity index (χ4v) is 2.17. The number of rotatable bonds is 9. The van der Waals surface area contributed by atoms with Crippen LogP contribution in [0.1, 0.15) is 11.1 Å². The first-order valence-electron chi connectivity index (χ1n) is 8.12. The van der Waals surface area contributed by atoms with E-state index in [1.165, 1.54) is 7.11 Å². The Hall–Kier alpha value is -2.74. The van der Waals surface area contributed by atoms with Gasteiger partial charge in [0.25, 0.3) is 5.91 Å². The van der Waals surface area contributed by atoms with Gasteiger partial charge in [0.1, 0.15) is 6.61 Å². The van der Waals surface area contributed by atoms with E-state index in [9.17, 15) is 18.0 Å². The number of alkyl halides is 3. The Balaban J connectivity index is 1.73. The molecule has 0 fully saturated rings. The number of carbonyl (C=O) groups is 1. The summed E-state index contributed by atoms with van der Waals surface area (Å²) < 4.78 is 51.2. The number of nitrogens with one attached hydrogen (secondary N) is 1. The molecule has 0 aliphatic heterocycles. The van der Waals surface area contributed by atoms with Crippen LogP contribution in [0.4, 0.5) is 13.2 Å². The van der Waals surface area contributed by atoms with Gasteiger partial charge < -0.3 is 19.5 Å². The predicted octanol–water partition coefficient (Wildman–Crippen LogP) is 3.47. The minimum Gasteiger partial charge on any atom is -0.493 e. The van der Waals surface area contributed by atoms with E-state index >= 15 is 0 Å². The standard InChI is InChI=1S/C19H20F3NO4/c1-25-16-4-2-3-5-17(16)27-12-18(24)23-10-14-6-8-15(9-7-14)11-26-13-19(20,21)22/h2-9H,10-13H2,1H3,(H,23,24). The lowest BCUT2D eigenvalue weighted by molar-refractivity contribution is -0.176. The average molecular weight is 383 g/mol.